The van der Waals surface area contributed by atoms with E-state index in [1.54, 1.807) is 13.3 Å². The summed E-state index contributed by atoms with van der Waals surface area (Å²) >= 11 is -1.92. The largest absolute Gasteiger partial charge is 0.497 e. The number of hydrogen-bond donors (Lipinski definition) is 1. The molecule has 29 heavy (non-hydrogen) atoms. The number of fused-ring (bicyclic) bond motifs is 3. The molecule has 6 rings (SSSR count). The number of nitrogens with one attached hydrogen (secondary N) is 1. The second kappa shape index (κ2) is 7.57. The minimum Gasteiger partial charge on any atom is -0.497 e. The van der Waals surface area contributed by atoms with Gasteiger partial charge in [-0.2, -0.15) is 8.86 Å². The highest BCUT2D eigenvalue weighted by Crippen LogP contribution is 2.49. The summed E-state index contributed by atoms with van der Waals surface area (Å²) in [4.78, 5) is 10.5. The monoisotopic (exact) mass is 420 g/mol. The molecule has 1 spiro atoms. The van der Waals surface area contributed by atoms with Crippen LogP contribution in [0.2, 0.25) is 0 Å². The average Bonchev–Trinajstić information content (AvgIpc) is 2.75. The predicted octanol–water partition coefficient (Wildman–Crippen LogP) is 2.90. The zero-order valence-corrected chi connectivity index (χ0v) is 17.4. The molecule has 0 amide bonds. The molecule has 156 valence electrons. The molecule has 5 heterocycles. The van der Waals surface area contributed by atoms with Crippen LogP contribution in [0.5, 0.6) is 5.75 Å². The van der Waals surface area contributed by atoms with E-state index in [4.69, 9.17) is 18.1 Å². The van der Waals surface area contributed by atoms with Crippen molar-refractivity contribution in [1.29, 1.82) is 0 Å². The molecule has 4 aliphatic rings. The zero-order valence-electron chi connectivity index (χ0n) is 16.6. The molecular weight excluding hydrogens is 394 g/mol. The third-order valence-corrected chi connectivity index (χ3v) is 7.51. The molecule has 2 aromatic rings. The Labute approximate surface area is 172 Å². The number of hydrogen-bond acceptors (Lipinski definition) is 7. The van der Waals surface area contributed by atoms with E-state index in [1.165, 1.54) is 0 Å². The van der Waals surface area contributed by atoms with Crippen LogP contribution in [0.1, 0.15) is 37.9 Å². The first-order valence-electron chi connectivity index (χ1n) is 10.1. The van der Waals surface area contributed by atoms with Crippen LogP contribution in [0.25, 0.3) is 10.9 Å². The highest BCUT2D eigenvalue weighted by atomic mass is 32.2. The Balaban J connectivity index is 1.61. The van der Waals surface area contributed by atoms with E-state index in [0.29, 0.717) is 16.5 Å². The maximum Gasteiger partial charge on any atom is 0.376 e. The Hall–Kier alpha value is -1.62. The van der Waals surface area contributed by atoms with Gasteiger partial charge in [0.25, 0.3) is 0 Å². The maximum absolute atomic E-state index is 12.3. The van der Waals surface area contributed by atoms with E-state index in [2.05, 4.69) is 17.6 Å². The molecule has 4 aliphatic heterocycles. The fraction of sp³-hybridized carbons (Fsp3) is 0.550. The van der Waals surface area contributed by atoms with Gasteiger partial charge in [0, 0.05) is 35.9 Å². The predicted molar refractivity (Wildman–Crippen MR) is 106 cm³/mol. The maximum atomic E-state index is 12.3. The lowest BCUT2D eigenvalue weighted by Crippen LogP contribution is -2.69. The number of piperidine rings is 3. The number of methoxy groups -OCH3 is 1. The summed E-state index contributed by atoms with van der Waals surface area (Å²) < 4.78 is 29.1. The van der Waals surface area contributed by atoms with Crippen molar-refractivity contribution in [3.63, 3.8) is 0 Å². The van der Waals surface area contributed by atoms with Gasteiger partial charge in [-0.15, -0.1) is 4.28 Å². The molecule has 1 aromatic carbocycles. The van der Waals surface area contributed by atoms with Gasteiger partial charge in [0.1, 0.15) is 18.8 Å². The number of quaternary nitrogens is 1. The Morgan fingerprint density at radius 1 is 1.38 bits per heavy atom. The van der Waals surface area contributed by atoms with Gasteiger partial charge in [-0.25, -0.2) is 0 Å². The van der Waals surface area contributed by atoms with Crippen LogP contribution in [0.4, 0.5) is 0 Å². The molecule has 4 saturated heterocycles. The Bertz CT molecular complexity index is 943. The molecular formula is C20H26N3O5S+. The van der Waals surface area contributed by atoms with E-state index < -0.39 is 11.4 Å². The standard InChI is InChI=1S/C20H26N3O5S/c1-3-13-12-23-9-7-14(13)10-19(23)20(26-22-27-29(24)28-23)16-6-8-21-18-5-4-15(25-2)11-17(16)18/h4-6,8,11,13-14,19-20,22H,3,7,9-10,12H2,1-2H3/q+1. The van der Waals surface area contributed by atoms with E-state index in [9.17, 15) is 4.21 Å². The third-order valence-electron chi connectivity index (χ3n) is 6.89. The highest BCUT2D eigenvalue weighted by Gasteiger charge is 2.59. The van der Waals surface area contributed by atoms with Crippen LogP contribution in [-0.2, 0) is 24.8 Å². The number of nitrogens with zero attached hydrogens (tertiary/aromatic N) is 2. The van der Waals surface area contributed by atoms with E-state index in [1.807, 2.05) is 24.3 Å². The fourth-order valence-electron chi connectivity index (χ4n) is 5.43. The number of hydroxylamine groups is 3. The van der Waals surface area contributed by atoms with E-state index in [-0.39, 0.29) is 12.1 Å². The lowest BCUT2D eigenvalue weighted by atomic mass is 9.72. The smallest absolute Gasteiger partial charge is 0.376 e. The Kier molecular flexibility index (Phi) is 5.05. The number of rotatable bonds is 3. The molecule has 0 aliphatic carbocycles. The summed E-state index contributed by atoms with van der Waals surface area (Å²) in [5, 5.41) is 0.966. The third kappa shape index (κ3) is 3.26. The van der Waals surface area contributed by atoms with E-state index >= 15 is 0 Å². The average molecular weight is 421 g/mol. The Morgan fingerprint density at radius 2 is 2.28 bits per heavy atom. The first-order valence-corrected chi connectivity index (χ1v) is 11.1. The quantitative estimate of drug-likeness (QED) is 0.765. The second-order valence-corrected chi connectivity index (χ2v) is 8.87. The van der Waals surface area contributed by atoms with Crippen molar-refractivity contribution < 1.29 is 27.0 Å². The molecule has 4 fully saturated rings. The lowest BCUT2D eigenvalue weighted by Gasteiger charge is -2.55. The molecule has 0 saturated carbocycles. The molecule has 8 nitrogen and oxygen atoms in total. The number of pyridine rings is 1. The van der Waals surface area contributed by atoms with Crippen LogP contribution < -0.4 is 10.4 Å². The van der Waals surface area contributed by atoms with Crippen molar-refractivity contribution >= 4 is 22.3 Å². The zero-order chi connectivity index (χ0) is 20.0. The van der Waals surface area contributed by atoms with Crippen molar-refractivity contribution in [2.24, 2.45) is 11.8 Å². The summed E-state index contributed by atoms with van der Waals surface area (Å²) in [6, 6.07) is 7.81. The summed E-state index contributed by atoms with van der Waals surface area (Å²) in [5.41, 5.74) is 4.27. The molecule has 9 heteroatoms. The van der Waals surface area contributed by atoms with Gasteiger partial charge in [-0.1, -0.05) is 16.9 Å². The van der Waals surface area contributed by atoms with Crippen molar-refractivity contribution in [1.82, 2.24) is 10.6 Å². The van der Waals surface area contributed by atoms with Crippen LogP contribution in [-0.4, -0.2) is 40.1 Å². The summed E-state index contributed by atoms with van der Waals surface area (Å²) in [5.74, 6) is 1.94. The number of aromatic nitrogens is 1. The van der Waals surface area contributed by atoms with E-state index in [0.717, 1.165) is 54.6 Å². The van der Waals surface area contributed by atoms with Crippen molar-refractivity contribution in [2.45, 2.75) is 38.3 Å². The minimum atomic E-state index is -1.92. The van der Waals surface area contributed by atoms with Crippen LogP contribution in [0, 0.1) is 11.8 Å². The first-order chi connectivity index (χ1) is 14.1. The van der Waals surface area contributed by atoms with Gasteiger partial charge < -0.3 is 4.74 Å². The summed E-state index contributed by atoms with van der Waals surface area (Å²) in [6.07, 6.45) is 4.56. The van der Waals surface area contributed by atoms with Crippen LogP contribution in [0.3, 0.4) is 0 Å². The molecule has 6 unspecified atom stereocenters. The van der Waals surface area contributed by atoms with Gasteiger partial charge >= 0.3 is 11.4 Å². The van der Waals surface area contributed by atoms with Crippen molar-refractivity contribution in [3.05, 3.63) is 36.0 Å². The van der Waals surface area contributed by atoms with Gasteiger partial charge in [0.2, 0.25) is 0 Å². The molecule has 0 radical (unpaired) electrons. The normalized spacial score (nSPS) is 37.0. The number of ether oxygens (including phenoxy) is 1. The first kappa shape index (κ1) is 19.3. The van der Waals surface area contributed by atoms with Crippen molar-refractivity contribution in [3.8, 4) is 5.75 Å². The number of benzene rings is 1. The molecule has 1 N–H and O–H groups in total. The van der Waals surface area contributed by atoms with Gasteiger partial charge in [-0.3, -0.25) is 9.82 Å². The summed E-state index contributed by atoms with van der Waals surface area (Å²) in [6.45, 7) is 3.86. The van der Waals surface area contributed by atoms with Crippen LogP contribution >= 0.6 is 0 Å². The Morgan fingerprint density at radius 3 is 3.10 bits per heavy atom. The van der Waals surface area contributed by atoms with Gasteiger partial charge in [-0.05, 0) is 36.6 Å². The fourth-order valence-corrected chi connectivity index (χ4v) is 6.05. The summed E-state index contributed by atoms with van der Waals surface area (Å²) in [7, 11) is 1.65. The minimum absolute atomic E-state index is 0.00806. The SMILES string of the molecule is CCC1C[N+]23CCC1CC2C(c1ccnc2ccc(OC)cc12)ONOS(=O)O3. The molecule has 2 bridgehead atoms. The van der Waals surface area contributed by atoms with Crippen LogP contribution in [0.15, 0.2) is 30.5 Å². The highest BCUT2D eigenvalue weighted by molar-refractivity contribution is 7.75. The molecule has 1 aromatic heterocycles. The topological polar surface area (TPSA) is 78.9 Å². The van der Waals surface area contributed by atoms with Gasteiger partial charge in [0.05, 0.1) is 12.6 Å². The lowest BCUT2D eigenvalue weighted by molar-refractivity contribution is -1.12. The van der Waals surface area contributed by atoms with Gasteiger partial charge in [0.15, 0.2) is 12.1 Å². The second-order valence-electron chi connectivity index (χ2n) is 8.15. The molecule has 6 atom stereocenters. The van der Waals surface area contributed by atoms with Crippen molar-refractivity contribution in [2.75, 3.05) is 20.2 Å².